The van der Waals surface area contributed by atoms with E-state index in [1.165, 1.54) is 0 Å². The number of carbonyl (C=O) groups is 2. The molecule has 1 aromatic heterocycles. The van der Waals surface area contributed by atoms with E-state index in [0.717, 1.165) is 21.9 Å². The van der Waals surface area contributed by atoms with Crippen molar-refractivity contribution in [3.05, 3.63) is 54.4 Å². The van der Waals surface area contributed by atoms with Crippen molar-refractivity contribution in [3.8, 4) is 0 Å². The minimum atomic E-state index is -3.23. The van der Waals surface area contributed by atoms with Gasteiger partial charge in [-0.3, -0.25) is 9.78 Å². The maximum absolute atomic E-state index is 12.3. The Balaban J connectivity index is 1.18. The summed E-state index contributed by atoms with van der Waals surface area (Å²) in [7, 11) is -3.23. The lowest BCUT2D eigenvalue weighted by Gasteiger charge is -2.16. The highest BCUT2D eigenvalue weighted by Crippen LogP contribution is 2.28. The van der Waals surface area contributed by atoms with Crippen molar-refractivity contribution in [2.45, 2.75) is 53.7 Å². The maximum atomic E-state index is 12.3. The molecule has 8 nitrogen and oxygen atoms in total. The number of hydrogen-bond donors (Lipinski definition) is 3. The summed E-state index contributed by atoms with van der Waals surface area (Å²) < 4.78 is 24.7. The second-order valence-corrected chi connectivity index (χ2v) is 11.4. The molecule has 0 aliphatic carbocycles. The zero-order valence-electron chi connectivity index (χ0n) is 17.5. The number of carbonyl (C=O) groups excluding carboxylic acids is 2. The molecule has 10 heteroatoms. The van der Waals surface area contributed by atoms with E-state index in [0.29, 0.717) is 25.7 Å². The number of nitrogens with zero attached hydrogens (tertiary/aromatic N) is 1. The molecule has 4 rings (SSSR count). The molecule has 0 radical (unpaired) electrons. The quantitative estimate of drug-likeness (QED) is 0.292. The van der Waals surface area contributed by atoms with Crippen LogP contribution < -0.4 is 16.0 Å². The Morgan fingerprint density at radius 3 is 2.72 bits per heavy atom. The van der Waals surface area contributed by atoms with Crippen molar-refractivity contribution in [3.63, 3.8) is 0 Å². The smallest absolute Gasteiger partial charge is 0.315 e. The van der Waals surface area contributed by atoms with Gasteiger partial charge in [0.15, 0.2) is 9.84 Å². The van der Waals surface area contributed by atoms with Crippen molar-refractivity contribution in [1.82, 2.24) is 15.6 Å². The molecule has 0 bridgehead atoms. The fraction of sp³-hybridized carbons (Fsp3) is 0.409. The summed E-state index contributed by atoms with van der Waals surface area (Å²) in [4.78, 5) is 28.9. The molecule has 2 aromatic rings. The third-order valence-electron chi connectivity index (χ3n) is 5.73. The normalized spacial score (nSPS) is 23.2. The van der Waals surface area contributed by atoms with Crippen molar-refractivity contribution in [2.24, 2.45) is 0 Å². The van der Waals surface area contributed by atoms with Gasteiger partial charge >= 0.3 is 6.03 Å². The van der Waals surface area contributed by atoms with E-state index in [-0.39, 0.29) is 29.8 Å². The summed E-state index contributed by atoms with van der Waals surface area (Å²) >= 11 is 1.70. The van der Waals surface area contributed by atoms with Crippen LogP contribution in [-0.4, -0.2) is 48.4 Å². The number of amides is 3. The van der Waals surface area contributed by atoms with Crippen LogP contribution in [0.5, 0.6) is 0 Å². The number of thioether (sulfide) groups is 1. The molecule has 170 valence electrons. The van der Waals surface area contributed by atoms with Crippen LogP contribution in [0, 0.1) is 0 Å². The first-order chi connectivity index (χ1) is 15.4. The molecule has 3 N–H and O–H groups in total. The van der Waals surface area contributed by atoms with Crippen molar-refractivity contribution < 1.29 is 18.0 Å². The van der Waals surface area contributed by atoms with E-state index >= 15 is 0 Å². The number of urea groups is 1. The first kappa shape index (κ1) is 22.6. The van der Waals surface area contributed by atoms with Gasteiger partial charge in [-0.25, -0.2) is 13.2 Å². The van der Waals surface area contributed by atoms with Crippen LogP contribution in [0.4, 0.5) is 10.5 Å². The molecule has 3 atom stereocenters. The molecule has 2 aliphatic rings. The predicted molar refractivity (Wildman–Crippen MR) is 124 cm³/mol. The van der Waals surface area contributed by atoms with Crippen LogP contribution >= 0.6 is 11.8 Å². The molecule has 3 heterocycles. The molecule has 1 aromatic carbocycles. The van der Waals surface area contributed by atoms with E-state index in [4.69, 9.17) is 0 Å². The van der Waals surface area contributed by atoms with Crippen LogP contribution in [0.15, 0.2) is 53.7 Å². The number of aromatic nitrogens is 1. The number of sulfone groups is 1. The van der Waals surface area contributed by atoms with Gasteiger partial charge in [-0.05, 0) is 48.7 Å². The summed E-state index contributed by atoms with van der Waals surface area (Å²) in [6, 6.07) is 10.7. The molecule has 0 unspecified atom stereocenters. The van der Waals surface area contributed by atoms with E-state index in [9.17, 15) is 18.0 Å². The lowest BCUT2D eigenvalue weighted by molar-refractivity contribution is -0.116. The Labute approximate surface area is 191 Å². The number of unbranched alkanes of at least 4 members (excludes halogenated alkanes) is 1. The molecule has 3 amide bonds. The highest BCUT2D eigenvalue weighted by atomic mass is 32.2. The van der Waals surface area contributed by atoms with Crippen LogP contribution in [0.25, 0.3) is 0 Å². The molecular formula is C22H26N4O4S2. The van der Waals surface area contributed by atoms with E-state index in [1.807, 2.05) is 42.6 Å². The van der Waals surface area contributed by atoms with Gasteiger partial charge in [-0.2, -0.15) is 0 Å². The van der Waals surface area contributed by atoms with Crippen molar-refractivity contribution in [1.29, 1.82) is 0 Å². The molecular weight excluding hydrogens is 448 g/mol. The largest absolute Gasteiger partial charge is 0.332 e. The van der Waals surface area contributed by atoms with E-state index in [1.54, 1.807) is 18.0 Å². The van der Waals surface area contributed by atoms with Crippen LogP contribution in [0.3, 0.4) is 0 Å². The average molecular weight is 475 g/mol. The SMILES string of the molecule is O=C(CCCC[C@@H]1[C@H]2NC(=O)N[C@H]2CS1(=O)=O)Nc1ccc(SCc2cccnc2)cc1. The van der Waals surface area contributed by atoms with E-state index in [2.05, 4.69) is 20.9 Å². The van der Waals surface area contributed by atoms with Gasteiger partial charge in [0.1, 0.15) is 0 Å². The highest BCUT2D eigenvalue weighted by Gasteiger charge is 2.51. The molecule has 2 fully saturated rings. The number of pyridine rings is 1. The third kappa shape index (κ3) is 5.60. The van der Waals surface area contributed by atoms with Crippen molar-refractivity contribution in [2.75, 3.05) is 11.1 Å². The number of anilines is 1. The number of rotatable bonds is 9. The molecule has 32 heavy (non-hydrogen) atoms. The highest BCUT2D eigenvalue weighted by molar-refractivity contribution is 7.98. The van der Waals surface area contributed by atoms with Crippen LogP contribution in [0.1, 0.15) is 31.2 Å². The zero-order valence-corrected chi connectivity index (χ0v) is 19.1. The summed E-state index contributed by atoms with van der Waals surface area (Å²) in [5.41, 5.74) is 1.89. The Hall–Kier alpha value is -2.59. The van der Waals surface area contributed by atoms with Crippen LogP contribution in [0.2, 0.25) is 0 Å². The number of benzene rings is 1. The van der Waals surface area contributed by atoms with Gasteiger partial charge < -0.3 is 16.0 Å². The minimum absolute atomic E-state index is 0.0158. The number of fused-ring (bicyclic) bond motifs is 1. The Morgan fingerprint density at radius 1 is 1.16 bits per heavy atom. The average Bonchev–Trinajstić information content (AvgIpc) is 3.22. The van der Waals surface area contributed by atoms with Crippen LogP contribution in [-0.2, 0) is 20.4 Å². The fourth-order valence-electron chi connectivity index (χ4n) is 4.14. The predicted octanol–water partition coefficient (Wildman–Crippen LogP) is 2.72. The lowest BCUT2D eigenvalue weighted by atomic mass is 10.0. The van der Waals surface area contributed by atoms with Gasteiger partial charge in [0, 0.05) is 35.2 Å². The summed E-state index contributed by atoms with van der Waals surface area (Å²) in [6.45, 7) is 0. The molecule has 2 aliphatic heterocycles. The summed E-state index contributed by atoms with van der Waals surface area (Å²) in [5.74, 6) is 0.721. The second-order valence-electron chi connectivity index (χ2n) is 8.09. The second kappa shape index (κ2) is 9.91. The summed E-state index contributed by atoms with van der Waals surface area (Å²) in [5, 5.41) is 7.68. The van der Waals surface area contributed by atoms with Gasteiger partial charge in [0.25, 0.3) is 0 Å². The standard InChI is InChI=1S/C22H26N4O4S2/c27-20(6-2-1-5-19-21-18(14-32(19,29)30)25-22(28)26-21)24-16-7-9-17(10-8-16)31-13-15-4-3-11-23-12-15/h3-4,7-12,18-19,21H,1-2,5-6,13-14H2,(H,24,27)(H2,25,26,28)/t18-,19+,21-/m0/s1. The van der Waals surface area contributed by atoms with Crippen molar-refractivity contribution >= 4 is 39.2 Å². The van der Waals surface area contributed by atoms with Gasteiger partial charge in [0.05, 0.1) is 23.1 Å². The lowest BCUT2D eigenvalue weighted by Crippen LogP contribution is -2.39. The van der Waals surface area contributed by atoms with Gasteiger partial charge in [-0.1, -0.05) is 12.5 Å². The Morgan fingerprint density at radius 2 is 1.97 bits per heavy atom. The van der Waals surface area contributed by atoms with Gasteiger partial charge in [0.2, 0.25) is 5.91 Å². The monoisotopic (exact) mass is 474 g/mol. The first-order valence-corrected chi connectivity index (χ1v) is 13.3. The number of nitrogens with one attached hydrogen (secondary N) is 3. The fourth-order valence-corrected chi connectivity index (χ4v) is 7.25. The molecule has 0 spiro atoms. The topological polar surface area (TPSA) is 117 Å². The third-order valence-corrected chi connectivity index (χ3v) is 9.09. The zero-order chi connectivity index (χ0) is 22.6. The summed E-state index contributed by atoms with van der Waals surface area (Å²) in [6.07, 6.45) is 5.58. The molecule has 2 saturated heterocycles. The molecule has 0 saturated carbocycles. The minimum Gasteiger partial charge on any atom is -0.332 e. The maximum Gasteiger partial charge on any atom is 0.315 e. The van der Waals surface area contributed by atoms with E-state index < -0.39 is 15.1 Å². The number of hydrogen-bond acceptors (Lipinski definition) is 6. The Kier molecular flexibility index (Phi) is 7.00. The van der Waals surface area contributed by atoms with Gasteiger partial charge in [-0.15, -0.1) is 11.8 Å². The first-order valence-electron chi connectivity index (χ1n) is 10.6. The Bertz CT molecular complexity index is 1060.